The van der Waals surface area contributed by atoms with Gasteiger partial charge in [-0.2, -0.15) is 19.7 Å². The molecule has 2 aliphatic rings. The van der Waals surface area contributed by atoms with E-state index in [1.165, 1.54) is 10.6 Å². The molecule has 7 rings (SSSR count). The van der Waals surface area contributed by atoms with Gasteiger partial charge in [0.2, 0.25) is 16.0 Å². The normalized spacial score (nSPS) is 16.4. The Hall–Kier alpha value is -4.55. The highest BCUT2D eigenvalue weighted by Crippen LogP contribution is 2.38. The maximum absolute atomic E-state index is 12.0. The van der Waals surface area contributed by atoms with Crippen LogP contribution in [0.1, 0.15) is 16.7 Å². The third-order valence-corrected chi connectivity index (χ3v) is 10.8. The van der Waals surface area contributed by atoms with E-state index in [1.54, 1.807) is 17.6 Å². The number of ether oxygens (including phenoxy) is 1. The Morgan fingerprint density at radius 3 is 2.52 bits per heavy atom. The Morgan fingerprint density at radius 2 is 1.78 bits per heavy atom. The van der Waals surface area contributed by atoms with E-state index >= 15 is 0 Å². The minimum absolute atomic E-state index is 0.401. The Bertz CT molecular complexity index is 2050. The minimum Gasteiger partial charge on any atom is -0.378 e. The fourth-order valence-electron chi connectivity index (χ4n) is 5.89. The fourth-order valence-corrected chi connectivity index (χ4v) is 7.88. The van der Waals surface area contributed by atoms with E-state index in [4.69, 9.17) is 20.0 Å². The fraction of sp³-hybridized carbons (Fsp3) is 0.312. The highest BCUT2D eigenvalue weighted by Gasteiger charge is 2.26. The Kier molecular flexibility index (Phi) is 8.31. The lowest BCUT2D eigenvalue weighted by atomic mass is 10.1. The monoisotopic (exact) mass is 655 g/mol. The summed E-state index contributed by atoms with van der Waals surface area (Å²) in [6.45, 7) is 5.54. The average molecular weight is 656 g/mol. The zero-order valence-corrected chi connectivity index (χ0v) is 27.0. The second kappa shape index (κ2) is 12.7. The van der Waals surface area contributed by atoms with Crippen LogP contribution in [-0.2, 0) is 21.3 Å². The number of thiophene rings is 1. The number of anilines is 3. The lowest BCUT2D eigenvalue weighted by Crippen LogP contribution is -2.48. The third kappa shape index (κ3) is 6.27. The predicted octanol–water partition coefficient (Wildman–Crippen LogP) is 3.93. The van der Waals surface area contributed by atoms with E-state index in [9.17, 15) is 8.42 Å². The molecule has 0 atom stereocenters. The first-order valence-corrected chi connectivity index (χ1v) is 17.7. The summed E-state index contributed by atoms with van der Waals surface area (Å²) in [5, 5.41) is 15.8. The lowest BCUT2D eigenvalue weighted by molar-refractivity contribution is 0.122. The highest BCUT2D eigenvalue weighted by atomic mass is 32.2. The van der Waals surface area contributed by atoms with Crippen molar-refractivity contribution in [2.45, 2.75) is 6.54 Å². The number of fused-ring (bicyclic) bond motifs is 2. The van der Waals surface area contributed by atoms with Gasteiger partial charge in [0, 0.05) is 68.5 Å². The van der Waals surface area contributed by atoms with Crippen molar-refractivity contribution in [1.82, 2.24) is 18.8 Å². The molecule has 3 aromatic heterocycles. The Balaban J connectivity index is 1.15. The number of piperazine rings is 1. The molecule has 12 nitrogen and oxygen atoms in total. The first-order valence-electron chi connectivity index (χ1n) is 15.1. The quantitative estimate of drug-likeness (QED) is 0.195. The van der Waals surface area contributed by atoms with Gasteiger partial charge in [0.1, 0.15) is 0 Å². The molecule has 5 aromatic rings. The largest absolute Gasteiger partial charge is 0.378 e. The number of hydrogen-bond acceptors (Lipinski definition) is 11. The number of benzene rings is 2. The summed E-state index contributed by atoms with van der Waals surface area (Å²) in [4.78, 5) is 14.2. The second-order valence-electron chi connectivity index (χ2n) is 11.3. The molecule has 0 bridgehead atoms. The molecular formula is C32H33N9O3S2. The zero-order valence-electron chi connectivity index (χ0n) is 25.3. The van der Waals surface area contributed by atoms with E-state index in [0.29, 0.717) is 57.4 Å². The predicted molar refractivity (Wildman–Crippen MR) is 182 cm³/mol. The van der Waals surface area contributed by atoms with Crippen molar-refractivity contribution in [3.63, 3.8) is 0 Å². The smallest absolute Gasteiger partial charge is 0.246 e. The number of rotatable bonds is 8. The summed E-state index contributed by atoms with van der Waals surface area (Å²) < 4.78 is 34.3. The number of aromatic nitrogens is 3. The van der Waals surface area contributed by atoms with Gasteiger partial charge in [-0.3, -0.25) is 0 Å². The molecule has 0 amide bonds. The van der Waals surface area contributed by atoms with Gasteiger partial charge >= 0.3 is 0 Å². The van der Waals surface area contributed by atoms with Crippen LogP contribution in [0.25, 0.3) is 21.1 Å². The number of nitrogens with one attached hydrogen (secondary N) is 1. The van der Waals surface area contributed by atoms with Crippen LogP contribution in [-0.4, -0.2) is 92.2 Å². The van der Waals surface area contributed by atoms with Gasteiger partial charge in [-0.25, -0.2) is 18.8 Å². The lowest BCUT2D eigenvalue weighted by Gasteiger charge is -2.33. The molecule has 46 heavy (non-hydrogen) atoms. The molecule has 1 N–H and O–H groups in total. The first-order chi connectivity index (χ1) is 22.4. The molecule has 2 saturated heterocycles. The van der Waals surface area contributed by atoms with Crippen molar-refractivity contribution in [2.24, 2.45) is 5.10 Å². The van der Waals surface area contributed by atoms with E-state index in [1.807, 2.05) is 36.4 Å². The standard InChI is InChI=1S/C32H33N9O3S2/c1-46(42,43)41-12-10-38(11-13-41)29-18-27-30(45-29)31(39-14-16-44-17-15-39)36-32(35-27)37-34-20-25-22-40(28-5-3-2-4-26(25)28)21-24-8-6-23(19-33)7-9-24/h2-9,18,20,22H,10-17,21H2,1H3,(H,35,36,37)/b34-20+. The van der Waals surface area contributed by atoms with E-state index in [0.717, 1.165) is 56.2 Å². The van der Waals surface area contributed by atoms with Crippen LogP contribution in [0.15, 0.2) is 65.9 Å². The summed E-state index contributed by atoms with van der Waals surface area (Å²) >= 11 is 1.63. The van der Waals surface area contributed by atoms with E-state index in [2.05, 4.69) is 55.4 Å². The van der Waals surface area contributed by atoms with Crippen molar-refractivity contribution in [2.75, 3.05) is 74.0 Å². The molecule has 0 radical (unpaired) electrons. The van der Waals surface area contributed by atoms with Crippen molar-refractivity contribution in [3.05, 3.63) is 77.5 Å². The van der Waals surface area contributed by atoms with Gasteiger partial charge in [-0.15, -0.1) is 11.3 Å². The van der Waals surface area contributed by atoms with E-state index in [-0.39, 0.29) is 0 Å². The Labute approximate surface area is 271 Å². The van der Waals surface area contributed by atoms with Crippen molar-refractivity contribution < 1.29 is 13.2 Å². The minimum atomic E-state index is -3.20. The highest BCUT2D eigenvalue weighted by molar-refractivity contribution is 7.88. The number of hydrazone groups is 1. The van der Waals surface area contributed by atoms with Crippen molar-refractivity contribution in [1.29, 1.82) is 5.26 Å². The molecule has 2 fully saturated rings. The number of morpholine rings is 1. The average Bonchev–Trinajstić information content (AvgIpc) is 3.66. The van der Waals surface area contributed by atoms with Gasteiger partial charge in [-0.1, -0.05) is 30.3 Å². The molecule has 2 aliphatic heterocycles. The SMILES string of the molecule is CS(=O)(=O)N1CCN(c2cc3nc(N/N=C/c4cn(Cc5ccc(C#N)cc5)c5ccccc45)nc(N4CCOCC4)c3s2)CC1. The summed E-state index contributed by atoms with van der Waals surface area (Å²) in [7, 11) is -3.20. The number of hydrogen-bond donors (Lipinski definition) is 1. The maximum atomic E-state index is 12.0. The van der Waals surface area contributed by atoms with Gasteiger partial charge < -0.3 is 19.1 Å². The molecule has 2 aromatic carbocycles. The zero-order chi connectivity index (χ0) is 31.7. The van der Waals surface area contributed by atoms with Gasteiger partial charge in [0.15, 0.2) is 5.82 Å². The summed E-state index contributed by atoms with van der Waals surface area (Å²) in [5.41, 5.74) is 7.69. The molecule has 0 spiro atoms. The van der Waals surface area contributed by atoms with Gasteiger partial charge in [0.25, 0.3) is 0 Å². The number of nitrogens with zero attached hydrogens (tertiary/aromatic N) is 8. The summed E-state index contributed by atoms with van der Waals surface area (Å²) in [6, 6.07) is 20.1. The number of sulfonamides is 1. The van der Waals surface area contributed by atoms with Crippen LogP contribution in [0.2, 0.25) is 0 Å². The molecule has 5 heterocycles. The van der Waals surface area contributed by atoms with Crippen molar-refractivity contribution >= 4 is 65.5 Å². The van der Waals surface area contributed by atoms with Crippen LogP contribution < -0.4 is 15.2 Å². The van der Waals surface area contributed by atoms with Gasteiger partial charge in [0.05, 0.1) is 52.5 Å². The summed E-state index contributed by atoms with van der Waals surface area (Å²) in [5.74, 6) is 1.24. The van der Waals surface area contributed by atoms with Gasteiger partial charge in [-0.05, 0) is 29.8 Å². The van der Waals surface area contributed by atoms with E-state index < -0.39 is 10.0 Å². The second-order valence-corrected chi connectivity index (χ2v) is 14.3. The first kappa shape index (κ1) is 30.1. The summed E-state index contributed by atoms with van der Waals surface area (Å²) in [6.07, 6.45) is 5.13. The number of para-hydroxylation sites is 1. The molecule has 236 valence electrons. The van der Waals surface area contributed by atoms with Crippen LogP contribution in [0.3, 0.4) is 0 Å². The molecule has 0 unspecified atom stereocenters. The van der Waals surface area contributed by atoms with Crippen LogP contribution in [0.4, 0.5) is 16.8 Å². The molecule has 0 aliphatic carbocycles. The van der Waals surface area contributed by atoms with Crippen LogP contribution in [0.5, 0.6) is 0 Å². The van der Waals surface area contributed by atoms with Crippen LogP contribution in [0, 0.1) is 11.3 Å². The van der Waals surface area contributed by atoms with Crippen molar-refractivity contribution in [3.8, 4) is 6.07 Å². The topological polar surface area (TPSA) is 132 Å². The Morgan fingerprint density at radius 1 is 1.02 bits per heavy atom. The molecule has 0 saturated carbocycles. The number of nitriles is 1. The van der Waals surface area contributed by atoms with Crippen LogP contribution >= 0.6 is 11.3 Å². The molecule has 14 heteroatoms. The molecular weight excluding hydrogens is 623 g/mol. The third-order valence-electron chi connectivity index (χ3n) is 8.29. The maximum Gasteiger partial charge on any atom is 0.246 e.